The summed E-state index contributed by atoms with van der Waals surface area (Å²) in [4.78, 5) is 23.6. The standard InChI is InChI=1S/C16H23O8P/c1-6-21-15(17)10-14(25(19,22-7-2)23-8-3)12-9-13(16(18)20-5)24-11(12)4/h9-10H,6-8H2,1-5H3. The van der Waals surface area contributed by atoms with Crippen molar-refractivity contribution in [2.45, 2.75) is 27.7 Å². The van der Waals surface area contributed by atoms with Crippen LogP contribution in [0.3, 0.4) is 0 Å². The van der Waals surface area contributed by atoms with E-state index in [1.54, 1.807) is 27.7 Å². The summed E-state index contributed by atoms with van der Waals surface area (Å²) in [5.74, 6) is -1.25. The zero-order chi connectivity index (χ0) is 19.0. The van der Waals surface area contributed by atoms with Crippen molar-refractivity contribution in [1.82, 2.24) is 0 Å². The molecule has 0 N–H and O–H groups in total. The summed E-state index contributed by atoms with van der Waals surface area (Å²) in [6, 6.07) is 1.33. The molecule has 0 aliphatic carbocycles. The van der Waals surface area contributed by atoms with E-state index in [4.69, 9.17) is 18.2 Å². The van der Waals surface area contributed by atoms with Crippen LogP contribution in [0.15, 0.2) is 16.6 Å². The third-order valence-electron chi connectivity index (χ3n) is 3.01. The minimum absolute atomic E-state index is 0.0361. The maximum atomic E-state index is 13.2. The number of carbonyl (C=O) groups excluding carboxylic acids is 2. The zero-order valence-corrected chi connectivity index (χ0v) is 15.9. The van der Waals surface area contributed by atoms with Gasteiger partial charge in [-0.15, -0.1) is 0 Å². The first kappa shape index (κ1) is 21.2. The molecule has 1 rings (SSSR count). The second-order valence-electron chi connectivity index (χ2n) is 4.69. The number of aryl methyl sites for hydroxylation is 1. The Morgan fingerprint density at radius 1 is 1.16 bits per heavy atom. The molecule has 0 spiro atoms. The second-order valence-corrected chi connectivity index (χ2v) is 6.68. The van der Waals surface area contributed by atoms with E-state index in [-0.39, 0.29) is 42.2 Å². The molecule has 25 heavy (non-hydrogen) atoms. The van der Waals surface area contributed by atoms with Crippen LogP contribution in [0.2, 0.25) is 0 Å². The summed E-state index contributed by atoms with van der Waals surface area (Å²) >= 11 is 0. The van der Waals surface area contributed by atoms with Crippen LogP contribution < -0.4 is 0 Å². The van der Waals surface area contributed by atoms with Gasteiger partial charge in [0.25, 0.3) is 0 Å². The number of carbonyl (C=O) groups is 2. The third kappa shape index (κ3) is 5.29. The minimum Gasteiger partial charge on any atom is -0.463 e. The molecule has 0 aliphatic heterocycles. The number of methoxy groups -OCH3 is 1. The molecule has 0 fully saturated rings. The van der Waals surface area contributed by atoms with Gasteiger partial charge in [-0.1, -0.05) is 0 Å². The van der Waals surface area contributed by atoms with Gasteiger partial charge in [0.15, 0.2) is 0 Å². The lowest BCUT2D eigenvalue weighted by atomic mass is 10.2. The Labute approximate surface area is 146 Å². The summed E-state index contributed by atoms with van der Waals surface area (Å²) in [7, 11) is -2.62. The highest BCUT2D eigenvalue weighted by Gasteiger charge is 2.35. The minimum atomic E-state index is -3.83. The largest absolute Gasteiger partial charge is 0.463 e. The van der Waals surface area contributed by atoms with Crippen LogP contribution in [-0.2, 0) is 27.9 Å². The van der Waals surface area contributed by atoms with E-state index in [0.717, 1.165) is 6.08 Å². The van der Waals surface area contributed by atoms with Gasteiger partial charge >= 0.3 is 19.5 Å². The van der Waals surface area contributed by atoms with E-state index in [0.29, 0.717) is 0 Å². The first-order valence-electron chi connectivity index (χ1n) is 7.80. The maximum absolute atomic E-state index is 13.2. The lowest BCUT2D eigenvalue weighted by Crippen LogP contribution is -2.05. The second kappa shape index (κ2) is 9.56. The molecule has 0 aliphatic rings. The number of ether oxygens (including phenoxy) is 2. The van der Waals surface area contributed by atoms with Gasteiger partial charge in [-0.05, 0) is 33.8 Å². The molecule has 0 amide bonds. The third-order valence-corrected chi connectivity index (χ3v) is 5.17. The first-order valence-corrected chi connectivity index (χ1v) is 9.34. The van der Waals surface area contributed by atoms with Gasteiger partial charge < -0.3 is 22.9 Å². The average Bonchev–Trinajstić information content (AvgIpc) is 2.94. The number of furan rings is 1. The molecule has 0 unspecified atom stereocenters. The molecule has 0 aromatic carbocycles. The molecule has 0 saturated heterocycles. The van der Waals surface area contributed by atoms with Crippen molar-refractivity contribution in [3.8, 4) is 0 Å². The quantitative estimate of drug-likeness (QED) is 0.367. The van der Waals surface area contributed by atoms with Crippen molar-refractivity contribution in [2.24, 2.45) is 0 Å². The van der Waals surface area contributed by atoms with Crippen LogP contribution in [0.4, 0.5) is 0 Å². The molecule has 0 bridgehead atoms. The van der Waals surface area contributed by atoms with E-state index in [1.807, 2.05) is 0 Å². The summed E-state index contributed by atoms with van der Waals surface area (Å²) in [5, 5.41) is -0.0361. The highest BCUT2D eigenvalue weighted by atomic mass is 31.2. The number of rotatable bonds is 9. The fourth-order valence-corrected chi connectivity index (χ4v) is 3.87. The molecule has 0 atom stereocenters. The first-order chi connectivity index (χ1) is 11.8. The Balaban J connectivity index is 3.51. The highest BCUT2D eigenvalue weighted by molar-refractivity contribution is 7.65. The predicted octanol–water partition coefficient (Wildman–Crippen LogP) is 3.54. The van der Waals surface area contributed by atoms with E-state index in [9.17, 15) is 14.2 Å². The Kier molecular flexibility index (Phi) is 8.09. The molecule has 1 heterocycles. The summed E-state index contributed by atoms with van der Waals surface area (Å²) in [5.41, 5.74) is 0.249. The molecule has 1 aromatic rings. The van der Waals surface area contributed by atoms with Crippen LogP contribution in [0.1, 0.15) is 42.6 Å². The topological polar surface area (TPSA) is 101 Å². The molecular weight excluding hydrogens is 351 g/mol. The van der Waals surface area contributed by atoms with Crippen LogP contribution >= 0.6 is 7.60 Å². The van der Waals surface area contributed by atoms with Crippen LogP contribution in [0.25, 0.3) is 5.31 Å². The van der Waals surface area contributed by atoms with Crippen LogP contribution in [-0.4, -0.2) is 38.9 Å². The SMILES string of the molecule is CCOC(=O)C=C(c1cc(C(=O)OC)oc1C)P(=O)(OCC)OCC. The number of hydrogen-bond donors (Lipinski definition) is 0. The van der Waals surface area contributed by atoms with Gasteiger partial charge in [0, 0.05) is 11.6 Å². The average molecular weight is 374 g/mol. The van der Waals surface area contributed by atoms with Crippen molar-refractivity contribution >= 4 is 24.8 Å². The molecular formula is C16H23O8P. The van der Waals surface area contributed by atoms with Gasteiger partial charge in [-0.2, -0.15) is 0 Å². The zero-order valence-electron chi connectivity index (χ0n) is 15.0. The molecule has 0 radical (unpaired) electrons. The Morgan fingerprint density at radius 2 is 1.76 bits per heavy atom. The lowest BCUT2D eigenvalue weighted by Gasteiger charge is -2.19. The van der Waals surface area contributed by atoms with Crippen LogP contribution in [0, 0.1) is 6.92 Å². The maximum Gasteiger partial charge on any atom is 0.373 e. The van der Waals surface area contributed by atoms with Gasteiger partial charge in [-0.3, -0.25) is 4.57 Å². The lowest BCUT2D eigenvalue weighted by molar-refractivity contribution is -0.137. The van der Waals surface area contributed by atoms with E-state index < -0.39 is 19.5 Å². The van der Waals surface area contributed by atoms with Crippen molar-refractivity contribution in [3.05, 3.63) is 29.2 Å². The molecule has 8 nitrogen and oxygen atoms in total. The van der Waals surface area contributed by atoms with Gasteiger partial charge in [0.1, 0.15) is 5.76 Å². The van der Waals surface area contributed by atoms with E-state index in [1.165, 1.54) is 13.2 Å². The summed E-state index contributed by atoms with van der Waals surface area (Å²) in [6.45, 7) is 6.84. The Morgan fingerprint density at radius 3 is 2.24 bits per heavy atom. The van der Waals surface area contributed by atoms with E-state index in [2.05, 4.69) is 4.74 Å². The van der Waals surface area contributed by atoms with Crippen molar-refractivity contribution in [3.63, 3.8) is 0 Å². The van der Waals surface area contributed by atoms with Crippen molar-refractivity contribution in [1.29, 1.82) is 0 Å². The Bertz CT molecular complexity index is 678. The number of esters is 2. The smallest absolute Gasteiger partial charge is 0.373 e. The van der Waals surface area contributed by atoms with Crippen molar-refractivity contribution < 1.29 is 37.1 Å². The predicted molar refractivity (Wildman–Crippen MR) is 90.3 cm³/mol. The normalized spacial score (nSPS) is 12.1. The molecule has 140 valence electrons. The fourth-order valence-electron chi connectivity index (χ4n) is 2.05. The molecule has 0 saturated carbocycles. The van der Waals surface area contributed by atoms with Gasteiger partial charge in [-0.25, -0.2) is 9.59 Å². The van der Waals surface area contributed by atoms with Gasteiger partial charge in [0.05, 0.1) is 32.2 Å². The summed E-state index contributed by atoms with van der Waals surface area (Å²) in [6.07, 6.45) is 1.04. The molecule has 1 aromatic heterocycles. The van der Waals surface area contributed by atoms with Crippen molar-refractivity contribution in [2.75, 3.05) is 26.9 Å². The van der Waals surface area contributed by atoms with Gasteiger partial charge in [0.2, 0.25) is 5.76 Å². The Hall–Kier alpha value is -1.89. The monoisotopic (exact) mass is 374 g/mol. The summed E-state index contributed by atoms with van der Waals surface area (Å²) < 4.78 is 38.6. The molecule has 9 heteroatoms. The highest BCUT2D eigenvalue weighted by Crippen LogP contribution is 2.61. The van der Waals surface area contributed by atoms with Crippen LogP contribution in [0.5, 0.6) is 0 Å². The van der Waals surface area contributed by atoms with E-state index >= 15 is 0 Å². The fraction of sp³-hybridized carbons (Fsp3) is 0.500. The number of hydrogen-bond acceptors (Lipinski definition) is 8.